The molecule has 12 rings (SSSR count). The smallest absolute Gasteiger partial charge is 0.137 e. The van der Waals surface area contributed by atoms with Crippen LogP contribution in [0.1, 0.15) is 0 Å². The van der Waals surface area contributed by atoms with Crippen molar-refractivity contribution in [1.82, 2.24) is 14.1 Å². The molecular formula is C54H34N5OPt-3. The van der Waals surface area contributed by atoms with Crippen LogP contribution in [0.2, 0.25) is 0 Å². The molecule has 3 aromatic heterocycles. The van der Waals surface area contributed by atoms with E-state index in [1.807, 2.05) is 36.5 Å². The molecule has 0 spiro atoms. The van der Waals surface area contributed by atoms with Gasteiger partial charge in [0, 0.05) is 83.9 Å². The maximum atomic E-state index is 6.63. The molecule has 0 fully saturated rings. The normalized spacial score (nSPS) is 12.3. The summed E-state index contributed by atoms with van der Waals surface area (Å²) in [7, 11) is 0. The molecule has 0 saturated heterocycles. The molecule has 0 atom stereocenters. The van der Waals surface area contributed by atoms with Gasteiger partial charge in [0.15, 0.2) is 0 Å². The van der Waals surface area contributed by atoms with Gasteiger partial charge in [-0.3, -0.25) is 0 Å². The van der Waals surface area contributed by atoms with Gasteiger partial charge >= 0.3 is 0 Å². The van der Waals surface area contributed by atoms with Gasteiger partial charge in [0.2, 0.25) is 0 Å². The van der Waals surface area contributed by atoms with Crippen LogP contribution in [-0.4, -0.2) is 14.1 Å². The van der Waals surface area contributed by atoms with Gasteiger partial charge < -0.3 is 23.7 Å². The minimum absolute atomic E-state index is 0. The van der Waals surface area contributed by atoms with Crippen molar-refractivity contribution in [2.24, 2.45) is 0 Å². The molecule has 0 saturated carbocycles. The molecule has 0 unspecified atom stereocenters. The van der Waals surface area contributed by atoms with E-state index in [9.17, 15) is 0 Å². The second-order valence-electron chi connectivity index (χ2n) is 14.9. The molecule has 61 heavy (non-hydrogen) atoms. The SMILES string of the molecule is [Pt].[c-]1c(Oc2[c-]c3c(cc2)c2ccccc2n3-c2cc3c(cn2)c2ccccc2n3-c2ccccc2)cccc1N1[CH-]N(c2ccccc2)c2cc(-c3ccccc3)ccc21. The summed E-state index contributed by atoms with van der Waals surface area (Å²) in [5, 5.41) is 4.46. The summed E-state index contributed by atoms with van der Waals surface area (Å²) >= 11 is 0. The zero-order valence-electron chi connectivity index (χ0n) is 32.6. The fourth-order valence-electron chi connectivity index (χ4n) is 8.71. The Bertz CT molecular complexity index is 3400. The van der Waals surface area contributed by atoms with Crippen molar-refractivity contribution < 1.29 is 25.8 Å². The summed E-state index contributed by atoms with van der Waals surface area (Å²) in [5.41, 5.74) is 11.7. The zero-order chi connectivity index (χ0) is 39.6. The van der Waals surface area contributed by atoms with E-state index in [1.165, 1.54) is 5.56 Å². The Kier molecular flexibility index (Phi) is 9.02. The number of hydrogen-bond donors (Lipinski definition) is 0. The van der Waals surface area contributed by atoms with Crippen molar-refractivity contribution in [3.05, 3.63) is 219 Å². The summed E-state index contributed by atoms with van der Waals surface area (Å²) in [4.78, 5) is 9.52. The molecule has 7 heteroatoms. The van der Waals surface area contributed by atoms with Crippen molar-refractivity contribution in [2.75, 3.05) is 9.80 Å². The van der Waals surface area contributed by atoms with E-state index < -0.39 is 0 Å². The van der Waals surface area contributed by atoms with Crippen LogP contribution in [0.15, 0.2) is 200 Å². The molecule has 0 N–H and O–H groups in total. The maximum absolute atomic E-state index is 6.63. The van der Waals surface area contributed by atoms with Crippen LogP contribution in [0, 0.1) is 18.8 Å². The molecule has 1 aliphatic rings. The molecule has 1 aliphatic heterocycles. The van der Waals surface area contributed by atoms with Crippen LogP contribution in [-0.2, 0) is 21.1 Å². The molecule has 0 amide bonds. The predicted octanol–water partition coefficient (Wildman–Crippen LogP) is 13.7. The van der Waals surface area contributed by atoms with Gasteiger partial charge in [-0.1, -0.05) is 115 Å². The fourth-order valence-corrected chi connectivity index (χ4v) is 8.71. The van der Waals surface area contributed by atoms with Crippen LogP contribution in [0.5, 0.6) is 11.5 Å². The first-order valence-electron chi connectivity index (χ1n) is 20.0. The number of aromatic nitrogens is 3. The van der Waals surface area contributed by atoms with Crippen molar-refractivity contribution >= 4 is 66.4 Å². The first kappa shape index (κ1) is 36.7. The molecule has 0 radical (unpaired) electrons. The van der Waals surface area contributed by atoms with Gasteiger partial charge in [0.05, 0.1) is 11.0 Å². The zero-order valence-corrected chi connectivity index (χ0v) is 34.9. The van der Waals surface area contributed by atoms with Gasteiger partial charge in [0.1, 0.15) is 5.82 Å². The van der Waals surface area contributed by atoms with Gasteiger partial charge in [-0.15, -0.1) is 48.1 Å². The van der Waals surface area contributed by atoms with Crippen molar-refractivity contribution in [2.45, 2.75) is 0 Å². The average Bonchev–Trinajstić information content (AvgIpc) is 3.97. The number of fused-ring (bicyclic) bond motifs is 7. The van der Waals surface area contributed by atoms with Crippen molar-refractivity contribution in [1.29, 1.82) is 0 Å². The van der Waals surface area contributed by atoms with E-state index in [-0.39, 0.29) is 21.1 Å². The van der Waals surface area contributed by atoms with Crippen LogP contribution in [0.4, 0.5) is 22.7 Å². The van der Waals surface area contributed by atoms with Crippen molar-refractivity contribution in [3.63, 3.8) is 0 Å². The fraction of sp³-hybridized carbons (Fsp3) is 0. The maximum Gasteiger partial charge on any atom is 0.137 e. The Labute approximate surface area is 367 Å². The average molecular weight is 964 g/mol. The number of ether oxygens (including phenoxy) is 1. The summed E-state index contributed by atoms with van der Waals surface area (Å²) in [6.07, 6.45) is 2.00. The first-order chi connectivity index (χ1) is 29.7. The Morgan fingerprint density at radius 2 is 1.10 bits per heavy atom. The van der Waals surface area contributed by atoms with Gasteiger partial charge in [0.25, 0.3) is 0 Å². The van der Waals surface area contributed by atoms with Crippen LogP contribution in [0.3, 0.4) is 0 Å². The Morgan fingerprint density at radius 3 is 1.87 bits per heavy atom. The third-order valence-electron chi connectivity index (χ3n) is 11.4. The number of anilines is 4. The molecular weight excluding hydrogens is 930 g/mol. The molecule has 6 nitrogen and oxygen atoms in total. The monoisotopic (exact) mass is 963 g/mol. The number of para-hydroxylation sites is 4. The van der Waals surface area contributed by atoms with Crippen molar-refractivity contribution in [3.8, 4) is 34.1 Å². The second-order valence-corrected chi connectivity index (χ2v) is 14.9. The topological polar surface area (TPSA) is 38.5 Å². The summed E-state index contributed by atoms with van der Waals surface area (Å²) < 4.78 is 11.2. The minimum atomic E-state index is 0. The third-order valence-corrected chi connectivity index (χ3v) is 11.4. The number of benzene rings is 8. The standard InChI is InChI=1S/C54H34N5O.Pt/c1-4-15-37(16-5-1)38-27-30-50-53(31-38)56(39-17-6-2-7-18-39)36-57(50)41-21-14-22-42(32-41)60-43-28-29-46-44-23-10-13-26-49(44)59(51(46)33-43)54-34-52-47(35-55-54)45-24-11-12-25-48(45)58(52)40-19-8-3-9-20-40;/h1-31,34-36H;/q-3;. The van der Waals surface area contributed by atoms with Crippen LogP contribution < -0.4 is 14.5 Å². The van der Waals surface area contributed by atoms with Crippen LogP contribution in [0.25, 0.3) is 66.2 Å². The Hall–Kier alpha value is -7.40. The molecule has 11 aromatic rings. The number of pyridine rings is 1. The van der Waals surface area contributed by atoms with E-state index >= 15 is 0 Å². The van der Waals surface area contributed by atoms with Gasteiger partial charge in [-0.05, 0) is 65.0 Å². The Morgan fingerprint density at radius 1 is 0.443 bits per heavy atom. The van der Waals surface area contributed by atoms with E-state index in [0.717, 1.165) is 83.4 Å². The number of hydrogen-bond acceptors (Lipinski definition) is 4. The van der Waals surface area contributed by atoms with E-state index in [1.54, 1.807) is 0 Å². The molecule has 294 valence electrons. The van der Waals surface area contributed by atoms with Gasteiger partial charge in [-0.25, -0.2) is 4.98 Å². The minimum Gasteiger partial charge on any atom is -0.509 e. The van der Waals surface area contributed by atoms with E-state index in [2.05, 4.69) is 202 Å². The molecule has 4 heterocycles. The van der Waals surface area contributed by atoms with E-state index in [4.69, 9.17) is 9.72 Å². The number of rotatable bonds is 7. The third kappa shape index (κ3) is 6.18. The summed E-state index contributed by atoms with van der Waals surface area (Å²) in [6, 6.07) is 74.6. The second kappa shape index (κ2) is 15.0. The molecule has 8 aromatic carbocycles. The quantitative estimate of drug-likeness (QED) is 0.149. The number of nitrogens with zero attached hydrogens (tertiary/aromatic N) is 5. The van der Waals surface area contributed by atoms with Crippen LogP contribution >= 0.6 is 0 Å². The Balaban J connectivity index is 0.00000420. The predicted molar refractivity (Wildman–Crippen MR) is 244 cm³/mol. The molecule has 0 aliphatic carbocycles. The van der Waals surface area contributed by atoms with Gasteiger partial charge in [-0.2, -0.15) is 12.1 Å². The summed E-state index contributed by atoms with van der Waals surface area (Å²) in [6.45, 7) is 2.13. The summed E-state index contributed by atoms with van der Waals surface area (Å²) in [5.74, 6) is 1.98. The largest absolute Gasteiger partial charge is 0.509 e. The first-order valence-corrected chi connectivity index (χ1v) is 20.0. The molecule has 0 bridgehead atoms. The van der Waals surface area contributed by atoms with E-state index in [0.29, 0.717) is 11.5 Å².